The minimum atomic E-state index is -1.56. The fourth-order valence-electron chi connectivity index (χ4n) is 10.9. The molecule has 7 aliphatic heterocycles. The highest BCUT2D eigenvalue weighted by Crippen LogP contribution is 2.65. The van der Waals surface area contributed by atoms with Gasteiger partial charge in [0.25, 0.3) is 0 Å². The van der Waals surface area contributed by atoms with E-state index >= 15 is 4.79 Å². The van der Waals surface area contributed by atoms with Crippen molar-refractivity contribution in [3.05, 3.63) is 62.7 Å². The Kier molecular flexibility index (Phi) is 11.6. The van der Waals surface area contributed by atoms with Crippen LogP contribution >= 0.6 is 11.8 Å². The summed E-state index contributed by atoms with van der Waals surface area (Å²) in [5.41, 5.74) is 1.16. The standard InChI is InChI=1S/C49H56N4O14S/c1-22-14-26-15-28-29(18-50)52-30-19-61-44(56)49(27-17-31(59-10)32(16-25(27)12-13-51-49)65-46(58)67-48(7,8)9)20-68-43(35-34(30)42-41(62-21-63-42)23(2)40(35)64-24(3)54)37(52)36(33(26)38(55)39(22)60-11)53(28)45(57)66-47(4,5)6/h14,16-17,28-30,36-37,43,51,55H,12-13,15,19-21H2,1-11H3/t28-,29+,30-,36-,37?,43-,49-/m1/s1. The van der Waals surface area contributed by atoms with Gasteiger partial charge in [-0.05, 0) is 103 Å². The van der Waals surface area contributed by atoms with Gasteiger partial charge in [-0.2, -0.15) is 5.26 Å². The number of rotatable bonds is 4. The zero-order valence-corrected chi connectivity index (χ0v) is 40.8. The van der Waals surface area contributed by atoms with E-state index in [1.807, 2.05) is 17.9 Å². The Balaban J connectivity index is 1.30. The maximum atomic E-state index is 15.2. The van der Waals surface area contributed by atoms with Crippen LogP contribution in [0.4, 0.5) is 9.59 Å². The van der Waals surface area contributed by atoms with Gasteiger partial charge in [0.2, 0.25) is 6.79 Å². The van der Waals surface area contributed by atoms with E-state index in [0.717, 1.165) is 5.56 Å². The van der Waals surface area contributed by atoms with Crippen LogP contribution < -0.4 is 33.7 Å². The lowest BCUT2D eigenvalue weighted by Gasteiger charge is -2.62. The summed E-state index contributed by atoms with van der Waals surface area (Å²) in [6, 6.07) is 3.02. The van der Waals surface area contributed by atoms with Crippen molar-refractivity contribution in [2.75, 3.05) is 39.9 Å². The second-order valence-electron chi connectivity index (χ2n) is 19.9. The van der Waals surface area contributed by atoms with Gasteiger partial charge in [-0.25, -0.2) is 14.4 Å². The summed E-state index contributed by atoms with van der Waals surface area (Å²) < 4.78 is 53.9. The number of nitrogens with one attached hydrogen (secondary N) is 1. The summed E-state index contributed by atoms with van der Waals surface area (Å²) in [7, 11) is 2.89. The molecule has 1 unspecified atom stereocenters. The van der Waals surface area contributed by atoms with E-state index in [4.69, 9.17) is 42.6 Å². The van der Waals surface area contributed by atoms with Gasteiger partial charge in [-0.3, -0.25) is 19.9 Å². The van der Waals surface area contributed by atoms with Gasteiger partial charge in [-0.15, -0.1) is 11.8 Å². The van der Waals surface area contributed by atoms with Crippen molar-refractivity contribution >= 4 is 35.9 Å². The van der Waals surface area contributed by atoms with E-state index in [1.54, 1.807) is 65.5 Å². The Hall–Kier alpha value is -6.10. The van der Waals surface area contributed by atoms with Crippen molar-refractivity contribution in [3.8, 4) is 46.3 Å². The minimum Gasteiger partial charge on any atom is -0.504 e. The van der Waals surface area contributed by atoms with Crippen LogP contribution in [0.1, 0.15) is 110 Å². The first-order chi connectivity index (χ1) is 32.1. The lowest BCUT2D eigenvalue weighted by atomic mass is 9.71. The van der Waals surface area contributed by atoms with Crippen molar-refractivity contribution in [1.82, 2.24) is 15.1 Å². The number of fused-ring (bicyclic) bond motifs is 9. The van der Waals surface area contributed by atoms with E-state index < -0.39 is 76.4 Å². The van der Waals surface area contributed by atoms with Gasteiger partial charge in [0, 0.05) is 41.5 Å². The summed E-state index contributed by atoms with van der Waals surface area (Å²) in [6.07, 6.45) is -1.03. The highest BCUT2D eigenvalue weighted by atomic mass is 32.2. The topological polar surface area (TPSA) is 214 Å². The minimum absolute atomic E-state index is 0.0315. The quantitative estimate of drug-likeness (QED) is 0.118. The number of nitriles is 1. The van der Waals surface area contributed by atoms with Gasteiger partial charge in [0.15, 0.2) is 40.0 Å². The van der Waals surface area contributed by atoms with E-state index in [0.29, 0.717) is 63.4 Å². The zero-order valence-electron chi connectivity index (χ0n) is 39.9. The fraction of sp³-hybridized carbons (Fsp3) is 0.531. The second-order valence-corrected chi connectivity index (χ2v) is 21.0. The molecule has 7 aliphatic rings. The SMILES string of the molecule is COc1cc2c(cc1OC(=O)OC(C)(C)C)CCN[C@]21CS[C@@H]2c3c(OC(C)=O)c(C)c4c(c3[C@@H](COC1=O)N1C2[C@H]2c3c(cc(C)c(OC)c3O)C[C@H]([C@@H]1C#N)N2C(=O)OC(C)(C)C)OCO4. The van der Waals surface area contributed by atoms with Crippen LogP contribution in [0.15, 0.2) is 18.2 Å². The molecule has 2 N–H and O–H groups in total. The van der Waals surface area contributed by atoms with E-state index in [9.17, 15) is 24.8 Å². The molecule has 7 heterocycles. The van der Waals surface area contributed by atoms with Crippen molar-refractivity contribution < 1.29 is 66.9 Å². The van der Waals surface area contributed by atoms with Gasteiger partial charge in [0.1, 0.15) is 29.6 Å². The predicted molar refractivity (Wildman–Crippen MR) is 243 cm³/mol. The average molecular weight is 957 g/mol. The molecule has 2 fully saturated rings. The van der Waals surface area contributed by atoms with Gasteiger partial charge in [-0.1, -0.05) is 6.07 Å². The van der Waals surface area contributed by atoms with Gasteiger partial charge >= 0.3 is 24.2 Å². The number of methoxy groups -OCH3 is 2. The normalized spacial score (nSPS) is 25.7. The number of aromatic hydroxyl groups is 1. The number of hydrogen-bond acceptors (Lipinski definition) is 18. The smallest absolute Gasteiger partial charge is 0.504 e. The first-order valence-electron chi connectivity index (χ1n) is 22.5. The molecular weight excluding hydrogens is 901 g/mol. The lowest BCUT2D eigenvalue weighted by molar-refractivity contribution is -0.157. The van der Waals surface area contributed by atoms with Crippen LogP contribution in [-0.2, 0) is 42.2 Å². The molecular formula is C49H56N4O14S. The molecule has 0 aromatic heterocycles. The van der Waals surface area contributed by atoms with Crippen LogP contribution in [0, 0.1) is 25.2 Å². The van der Waals surface area contributed by atoms with Crippen LogP contribution in [-0.4, -0.2) is 108 Å². The average Bonchev–Trinajstić information content (AvgIpc) is 3.74. The molecule has 3 aromatic rings. The Morgan fingerprint density at radius 3 is 2.29 bits per heavy atom. The molecule has 68 heavy (non-hydrogen) atoms. The molecule has 3 aromatic carbocycles. The fourth-order valence-corrected chi connectivity index (χ4v) is 12.6. The first-order valence-corrected chi connectivity index (χ1v) is 23.6. The number of carbonyl (C=O) groups excluding carboxylic acids is 4. The maximum absolute atomic E-state index is 15.2. The molecule has 362 valence electrons. The van der Waals surface area contributed by atoms with Crippen molar-refractivity contribution in [2.45, 2.75) is 127 Å². The largest absolute Gasteiger partial charge is 0.514 e. The van der Waals surface area contributed by atoms with Gasteiger partial charge < -0.3 is 47.7 Å². The van der Waals surface area contributed by atoms with Crippen molar-refractivity contribution in [1.29, 1.82) is 5.26 Å². The number of nitrogens with zero attached hydrogens (tertiary/aromatic N) is 3. The molecule has 19 heteroatoms. The molecule has 0 aliphatic carbocycles. The number of hydrogen-bond donors (Lipinski definition) is 2. The number of phenols is 1. The number of aryl methyl sites for hydroxylation is 1. The number of thioether (sulfide) groups is 1. The molecule has 4 bridgehead atoms. The van der Waals surface area contributed by atoms with Crippen LogP contribution in [0.5, 0.6) is 40.2 Å². The third kappa shape index (κ3) is 7.55. The molecule has 18 nitrogen and oxygen atoms in total. The van der Waals surface area contributed by atoms with Crippen molar-refractivity contribution in [2.24, 2.45) is 0 Å². The third-order valence-electron chi connectivity index (χ3n) is 13.3. The summed E-state index contributed by atoms with van der Waals surface area (Å²) in [5.74, 6) is -0.0543. The maximum Gasteiger partial charge on any atom is 0.514 e. The Labute approximate surface area is 398 Å². The molecule has 10 rings (SSSR count). The molecule has 1 amide bonds. The molecule has 1 spiro atoms. The highest BCUT2D eigenvalue weighted by Gasteiger charge is 2.64. The number of benzene rings is 3. The number of piperazine rings is 1. The molecule has 7 atom stereocenters. The predicted octanol–water partition coefficient (Wildman–Crippen LogP) is 6.90. The van der Waals surface area contributed by atoms with Gasteiger partial charge in [0.05, 0.1) is 49.7 Å². The molecule has 2 saturated heterocycles. The van der Waals surface area contributed by atoms with Crippen LogP contribution in [0.25, 0.3) is 0 Å². The number of ether oxygens (including phenoxy) is 9. The Morgan fingerprint density at radius 1 is 0.912 bits per heavy atom. The van der Waals surface area contributed by atoms with Crippen LogP contribution in [0.2, 0.25) is 0 Å². The summed E-state index contributed by atoms with van der Waals surface area (Å²) in [6.45, 7) is 15.2. The Morgan fingerprint density at radius 2 is 1.63 bits per heavy atom. The third-order valence-corrected chi connectivity index (χ3v) is 14.8. The van der Waals surface area contributed by atoms with E-state index in [-0.39, 0.29) is 54.3 Å². The summed E-state index contributed by atoms with van der Waals surface area (Å²) in [5, 5.41) is 26.5. The van der Waals surface area contributed by atoms with Crippen molar-refractivity contribution in [3.63, 3.8) is 0 Å². The number of esters is 2. The number of phenolic OH excluding ortho intramolecular Hbond substituents is 1. The zero-order chi connectivity index (χ0) is 48.9. The number of amides is 1. The highest BCUT2D eigenvalue weighted by molar-refractivity contribution is 7.99. The lowest BCUT2D eigenvalue weighted by Crippen LogP contribution is -2.71. The monoisotopic (exact) mass is 956 g/mol. The molecule has 0 saturated carbocycles. The second kappa shape index (κ2) is 16.8. The van der Waals surface area contributed by atoms with E-state index in [2.05, 4.69) is 11.4 Å². The van der Waals surface area contributed by atoms with E-state index in [1.165, 1.54) is 32.9 Å². The number of carbonyl (C=O) groups is 4. The summed E-state index contributed by atoms with van der Waals surface area (Å²) >= 11 is 1.33. The molecule has 0 radical (unpaired) electrons. The van der Waals surface area contributed by atoms with Crippen LogP contribution in [0.3, 0.4) is 0 Å². The first kappa shape index (κ1) is 47.0. The summed E-state index contributed by atoms with van der Waals surface area (Å²) in [4.78, 5) is 59.8. The Bertz CT molecular complexity index is 2690.